The highest BCUT2D eigenvalue weighted by Gasteiger charge is 2.23. The van der Waals surface area contributed by atoms with Crippen molar-refractivity contribution in [3.8, 4) is 17.9 Å². The number of nitrogens with zero attached hydrogens (tertiary/aromatic N) is 2. The van der Waals surface area contributed by atoms with Crippen molar-refractivity contribution in [3.63, 3.8) is 0 Å². The molecule has 6 nitrogen and oxygen atoms in total. The standard InChI is InChI=1S/C23H20N2O4S/c1-4-10-29-18-8-6-16(7-9-18)11-17(13-24)20(26)12-21-19(14-25)15(3)22(30-21)23(27)28-5-2/h4,6-9,11H,1,5,10,12H2,2-3H3/b17-11+. The minimum atomic E-state index is -0.523. The second-order valence-electron chi connectivity index (χ2n) is 6.13. The smallest absolute Gasteiger partial charge is 0.348 e. The molecule has 0 spiro atoms. The molecule has 1 aromatic carbocycles. The van der Waals surface area contributed by atoms with E-state index in [2.05, 4.69) is 6.58 Å². The zero-order valence-corrected chi connectivity index (χ0v) is 17.5. The number of nitriles is 2. The molecule has 0 bridgehead atoms. The highest BCUT2D eigenvalue weighted by Crippen LogP contribution is 2.29. The summed E-state index contributed by atoms with van der Waals surface area (Å²) in [6.07, 6.45) is 2.97. The maximum absolute atomic E-state index is 12.7. The Morgan fingerprint density at radius 2 is 1.93 bits per heavy atom. The molecule has 0 unspecified atom stereocenters. The third-order valence-electron chi connectivity index (χ3n) is 4.09. The van der Waals surface area contributed by atoms with Gasteiger partial charge in [0.05, 0.1) is 17.7 Å². The molecule has 0 amide bonds. The van der Waals surface area contributed by atoms with E-state index in [0.717, 1.165) is 11.3 Å². The highest BCUT2D eigenvalue weighted by molar-refractivity contribution is 7.14. The molecule has 1 heterocycles. The van der Waals surface area contributed by atoms with Gasteiger partial charge in [-0.05, 0) is 43.2 Å². The Labute approximate surface area is 179 Å². The van der Waals surface area contributed by atoms with Crippen molar-refractivity contribution >= 4 is 29.2 Å². The molecule has 0 saturated heterocycles. The number of rotatable bonds is 9. The number of carbonyl (C=O) groups excluding carboxylic acids is 2. The van der Waals surface area contributed by atoms with Crippen LogP contribution in [0.2, 0.25) is 0 Å². The Morgan fingerprint density at radius 1 is 1.23 bits per heavy atom. The van der Waals surface area contributed by atoms with Crippen LogP contribution < -0.4 is 4.74 Å². The van der Waals surface area contributed by atoms with Gasteiger partial charge in [-0.25, -0.2) is 4.79 Å². The van der Waals surface area contributed by atoms with Gasteiger partial charge in [-0.3, -0.25) is 4.79 Å². The Bertz CT molecular complexity index is 1070. The summed E-state index contributed by atoms with van der Waals surface area (Å²) in [5, 5.41) is 18.9. The van der Waals surface area contributed by atoms with Gasteiger partial charge < -0.3 is 9.47 Å². The SMILES string of the molecule is C=CCOc1ccc(/C=C(\C#N)C(=O)Cc2sc(C(=O)OCC)c(C)c2C#N)cc1. The minimum Gasteiger partial charge on any atom is -0.490 e. The summed E-state index contributed by atoms with van der Waals surface area (Å²) in [5.41, 5.74) is 1.39. The van der Waals surface area contributed by atoms with E-state index < -0.39 is 11.8 Å². The summed E-state index contributed by atoms with van der Waals surface area (Å²) in [7, 11) is 0. The zero-order chi connectivity index (χ0) is 22.1. The number of esters is 1. The molecule has 152 valence electrons. The zero-order valence-electron chi connectivity index (χ0n) is 16.7. The van der Waals surface area contributed by atoms with E-state index in [9.17, 15) is 20.1 Å². The number of thiophene rings is 1. The van der Waals surface area contributed by atoms with Crippen molar-refractivity contribution in [2.75, 3.05) is 13.2 Å². The van der Waals surface area contributed by atoms with Crippen LogP contribution in [0, 0.1) is 29.6 Å². The van der Waals surface area contributed by atoms with Crippen LogP contribution in [0.3, 0.4) is 0 Å². The number of hydrogen-bond donors (Lipinski definition) is 0. The average molecular weight is 420 g/mol. The van der Waals surface area contributed by atoms with Crippen LogP contribution in [0.1, 0.15) is 38.2 Å². The molecule has 0 atom stereocenters. The highest BCUT2D eigenvalue weighted by atomic mass is 32.1. The van der Waals surface area contributed by atoms with Gasteiger partial charge in [0.2, 0.25) is 0 Å². The molecule has 1 aromatic heterocycles. The molecule has 0 aliphatic carbocycles. The first-order valence-corrected chi connectivity index (χ1v) is 9.95. The second-order valence-corrected chi connectivity index (χ2v) is 7.23. The molecule has 0 fully saturated rings. The van der Waals surface area contributed by atoms with Gasteiger partial charge in [-0.1, -0.05) is 24.8 Å². The van der Waals surface area contributed by atoms with Gasteiger partial charge in [0.25, 0.3) is 0 Å². The molecular formula is C23H20N2O4S. The summed E-state index contributed by atoms with van der Waals surface area (Å²) in [4.78, 5) is 25.5. The van der Waals surface area contributed by atoms with Gasteiger partial charge in [-0.15, -0.1) is 11.3 Å². The van der Waals surface area contributed by atoms with Crippen molar-refractivity contribution in [2.24, 2.45) is 0 Å². The van der Waals surface area contributed by atoms with Gasteiger partial charge in [-0.2, -0.15) is 10.5 Å². The van der Waals surface area contributed by atoms with Gasteiger partial charge in [0, 0.05) is 11.3 Å². The number of benzene rings is 1. The summed E-state index contributed by atoms with van der Waals surface area (Å²) in [6.45, 7) is 7.52. The maximum Gasteiger partial charge on any atom is 0.348 e. The van der Waals surface area contributed by atoms with E-state index >= 15 is 0 Å². The molecule has 2 aromatic rings. The Hall–Kier alpha value is -3.68. The van der Waals surface area contributed by atoms with Crippen LogP contribution in [-0.2, 0) is 16.0 Å². The summed E-state index contributed by atoms with van der Waals surface area (Å²) < 4.78 is 10.4. The molecule has 0 radical (unpaired) electrons. The van der Waals surface area contributed by atoms with E-state index in [-0.39, 0.29) is 24.2 Å². The van der Waals surface area contributed by atoms with Gasteiger partial charge >= 0.3 is 5.97 Å². The third-order valence-corrected chi connectivity index (χ3v) is 5.37. The van der Waals surface area contributed by atoms with Gasteiger partial charge in [0.1, 0.15) is 29.4 Å². The number of carbonyl (C=O) groups is 2. The summed E-state index contributed by atoms with van der Waals surface area (Å²) in [6, 6.07) is 10.9. The summed E-state index contributed by atoms with van der Waals surface area (Å²) >= 11 is 1.05. The number of Topliss-reactive ketones (excluding diaryl/α,β-unsaturated/α-hetero) is 1. The lowest BCUT2D eigenvalue weighted by atomic mass is 10.0. The molecule has 0 N–H and O–H groups in total. The molecule has 30 heavy (non-hydrogen) atoms. The molecular weight excluding hydrogens is 400 g/mol. The molecule has 7 heteroatoms. The first kappa shape index (κ1) is 22.6. The van der Waals surface area contributed by atoms with Crippen molar-refractivity contribution in [1.82, 2.24) is 0 Å². The molecule has 0 saturated carbocycles. The van der Waals surface area contributed by atoms with Crippen LogP contribution in [0.25, 0.3) is 6.08 Å². The number of ether oxygens (including phenoxy) is 2. The lowest BCUT2D eigenvalue weighted by Crippen LogP contribution is -2.05. The Morgan fingerprint density at radius 3 is 2.50 bits per heavy atom. The number of allylic oxidation sites excluding steroid dienone is 1. The van der Waals surface area contributed by atoms with Crippen LogP contribution in [0.4, 0.5) is 0 Å². The van der Waals surface area contributed by atoms with E-state index in [4.69, 9.17) is 9.47 Å². The monoisotopic (exact) mass is 420 g/mol. The predicted octanol–water partition coefficient (Wildman–Crippen LogP) is 4.39. The largest absolute Gasteiger partial charge is 0.490 e. The fourth-order valence-electron chi connectivity index (χ4n) is 2.63. The quantitative estimate of drug-likeness (QED) is 0.258. The third kappa shape index (κ3) is 5.44. The fourth-order valence-corrected chi connectivity index (χ4v) is 3.78. The number of ketones is 1. The lowest BCUT2D eigenvalue weighted by molar-refractivity contribution is -0.114. The van der Waals surface area contributed by atoms with Crippen molar-refractivity contribution < 1.29 is 19.1 Å². The first-order valence-electron chi connectivity index (χ1n) is 9.13. The second kappa shape index (κ2) is 10.8. The maximum atomic E-state index is 12.7. The normalized spacial score (nSPS) is 10.6. The average Bonchev–Trinajstić information content (AvgIpc) is 3.06. The van der Waals surface area contributed by atoms with Crippen LogP contribution >= 0.6 is 11.3 Å². The topological polar surface area (TPSA) is 100 Å². The molecule has 0 aliphatic heterocycles. The van der Waals surface area contributed by atoms with Crippen molar-refractivity contribution in [2.45, 2.75) is 20.3 Å². The van der Waals surface area contributed by atoms with Crippen LogP contribution in [0.15, 0.2) is 42.5 Å². The van der Waals surface area contributed by atoms with Crippen molar-refractivity contribution in [1.29, 1.82) is 10.5 Å². The van der Waals surface area contributed by atoms with E-state index in [0.29, 0.717) is 33.2 Å². The Balaban J connectivity index is 2.25. The first-order chi connectivity index (χ1) is 14.4. The Kier molecular flexibility index (Phi) is 8.10. The predicted molar refractivity (Wildman–Crippen MR) is 114 cm³/mol. The van der Waals surface area contributed by atoms with E-state index in [1.807, 2.05) is 12.1 Å². The van der Waals surface area contributed by atoms with E-state index in [1.165, 1.54) is 6.08 Å². The fraction of sp³-hybridized carbons (Fsp3) is 0.217. The lowest BCUT2D eigenvalue weighted by Gasteiger charge is -2.03. The van der Waals surface area contributed by atoms with Crippen molar-refractivity contribution in [3.05, 3.63) is 68.9 Å². The minimum absolute atomic E-state index is 0.0395. The van der Waals surface area contributed by atoms with Crippen LogP contribution in [0.5, 0.6) is 5.75 Å². The summed E-state index contributed by atoms with van der Waals surface area (Å²) in [5.74, 6) is -0.307. The molecule has 2 rings (SSSR count). The number of hydrogen-bond acceptors (Lipinski definition) is 7. The molecule has 0 aliphatic rings. The van der Waals surface area contributed by atoms with Gasteiger partial charge in [0.15, 0.2) is 5.78 Å². The van der Waals surface area contributed by atoms with E-state index in [1.54, 1.807) is 44.2 Å². The van der Waals surface area contributed by atoms with Crippen LogP contribution in [-0.4, -0.2) is 25.0 Å².